The van der Waals surface area contributed by atoms with Crippen LogP contribution in [0.2, 0.25) is 0 Å². The van der Waals surface area contributed by atoms with Gasteiger partial charge in [0, 0.05) is 0 Å². The van der Waals surface area contributed by atoms with Gasteiger partial charge in [0.15, 0.2) is 5.37 Å². The summed E-state index contributed by atoms with van der Waals surface area (Å²) in [5.41, 5.74) is 0. The average molecular weight is 193 g/mol. The van der Waals surface area contributed by atoms with Crippen molar-refractivity contribution in [3.8, 4) is 0 Å². The molecule has 12 heavy (non-hydrogen) atoms. The number of carboxylic acids is 1. The van der Waals surface area contributed by atoms with E-state index in [0.29, 0.717) is 5.75 Å². The van der Waals surface area contributed by atoms with Gasteiger partial charge in [-0.25, -0.2) is 4.79 Å². The van der Waals surface area contributed by atoms with Crippen LogP contribution >= 0.6 is 11.8 Å². The quantitative estimate of drug-likeness (QED) is 0.500. The van der Waals surface area contributed by atoms with Crippen molar-refractivity contribution < 1.29 is 19.8 Å². The number of hydrogen-bond donors (Lipinski definition) is 3. The monoisotopic (exact) mass is 193 g/mol. The first-order valence-corrected chi connectivity index (χ1v) is 4.41. The molecule has 0 spiro atoms. The summed E-state index contributed by atoms with van der Waals surface area (Å²) >= 11 is 1.09. The number of aliphatic hydroxyl groups excluding tert-OH is 1. The molecular formula is C6H11NO4S. The molecule has 0 saturated heterocycles. The summed E-state index contributed by atoms with van der Waals surface area (Å²) in [6, 6.07) is 0. The highest BCUT2D eigenvalue weighted by Crippen LogP contribution is 2.06. The fraction of sp³-hybridized carbons (Fsp3) is 0.667. The van der Waals surface area contributed by atoms with E-state index in [1.165, 1.54) is 0 Å². The molecule has 0 heterocycles. The number of aliphatic carboxylic acids is 1. The second-order valence-corrected chi connectivity index (χ2v) is 3.28. The van der Waals surface area contributed by atoms with Crippen LogP contribution in [0.4, 0.5) is 0 Å². The van der Waals surface area contributed by atoms with Crippen LogP contribution in [0.3, 0.4) is 0 Å². The van der Waals surface area contributed by atoms with Crippen LogP contribution in [0.1, 0.15) is 6.92 Å². The summed E-state index contributed by atoms with van der Waals surface area (Å²) in [5, 5.41) is 18.0. The van der Waals surface area contributed by atoms with Crippen LogP contribution < -0.4 is 5.32 Å². The molecule has 0 fully saturated rings. The van der Waals surface area contributed by atoms with Crippen molar-refractivity contribution in [3.63, 3.8) is 0 Å². The number of thioether (sulfide) groups is 1. The Bertz CT molecular complexity index is 171. The van der Waals surface area contributed by atoms with E-state index in [0.717, 1.165) is 11.8 Å². The van der Waals surface area contributed by atoms with E-state index in [1.807, 2.05) is 0 Å². The molecule has 6 heteroatoms. The Morgan fingerprint density at radius 3 is 2.50 bits per heavy atom. The largest absolute Gasteiger partial charge is 0.479 e. The van der Waals surface area contributed by atoms with Gasteiger partial charge >= 0.3 is 5.97 Å². The van der Waals surface area contributed by atoms with E-state index in [9.17, 15) is 9.59 Å². The van der Waals surface area contributed by atoms with E-state index in [1.54, 1.807) is 6.92 Å². The highest BCUT2D eigenvalue weighted by molar-refractivity contribution is 8.00. The number of amides is 1. The van der Waals surface area contributed by atoms with Gasteiger partial charge in [-0.2, -0.15) is 0 Å². The van der Waals surface area contributed by atoms with E-state index in [-0.39, 0.29) is 0 Å². The number of carbonyl (C=O) groups excluding carboxylic acids is 1. The third-order valence-corrected chi connectivity index (χ3v) is 1.98. The van der Waals surface area contributed by atoms with Crippen LogP contribution in [0.5, 0.6) is 0 Å². The molecule has 0 aromatic heterocycles. The summed E-state index contributed by atoms with van der Waals surface area (Å²) in [4.78, 5) is 21.0. The van der Waals surface area contributed by atoms with Crippen LogP contribution in [0.15, 0.2) is 0 Å². The van der Waals surface area contributed by atoms with E-state index in [2.05, 4.69) is 5.32 Å². The fourth-order valence-electron chi connectivity index (χ4n) is 0.533. The lowest BCUT2D eigenvalue weighted by Crippen LogP contribution is -2.39. The summed E-state index contributed by atoms with van der Waals surface area (Å²) in [6.45, 7) is 1.10. The van der Waals surface area contributed by atoms with Crippen LogP contribution in [-0.2, 0) is 9.59 Å². The van der Waals surface area contributed by atoms with Crippen LogP contribution in [-0.4, -0.2) is 39.8 Å². The first kappa shape index (κ1) is 11.2. The Hall–Kier alpha value is -0.750. The molecule has 1 unspecified atom stereocenters. The van der Waals surface area contributed by atoms with Gasteiger partial charge in [-0.3, -0.25) is 4.79 Å². The van der Waals surface area contributed by atoms with Crippen molar-refractivity contribution >= 4 is 23.6 Å². The number of aliphatic hydroxyl groups is 1. The second kappa shape index (κ2) is 5.84. The Labute approximate surface area is 74.1 Å². The van der Waals surface area contributed by atoms with Crippen molar-refractivity contribution in [3.05, 3.63) is 0 Å². The van der Waals surface area contributed by atoms with Gasteiger partial charge in [0.25, 0.3) is 0 Å². The Kier molecular flexibility index (Phi) is 5.48. The topological polar surface area (TPSA) is 86.6 Å². The fourth-order valence-corrected chi connectivity index (χ4v) is 1.22. The van der Waals surface area contributed by atoms with Gasteiger partial charge in [-0.1, -0.05) is 6.92 Å². The molecule has 3 N–H and O–H groups in total. The lowest BCUT2D eigenvalue weighted by atomic mass is 10.6. The number of carbonyl (C=O) groups is 2. The lowest BCUT2D eigenvalue weighted by molar-refractivity contribution is -0.139. The minimum atomic E-state index is -1.11. The predicted molar refractivity (Wildman–Crippen MR) is 44.8 cm³/mol. The van der Waals surface area contributed by atoms with Crippen LogP contribution in [0, 0.1) is 0 Å². The van der Waals surface area contributed by atoms with Crippen molar-refractivity contribution in [1.29, 1.82) is 0 Å². The van der Waals surface area contributed by atoms with Gasteiger partial charge < -0.3 is 15.5 Å². The molecule has 1 atom stereocenters. The number of hydrogen-bond acceptors (Lipinski definition) is 4. The maximum Gasteiger partial charge on any atom is 0.336 e. The molecule has 1 amide bonds. The van der Waals surface area contributed by atoms with Crippen molar-refractivity contribution in [2.45, 2.75) is 12.3 Å². The molecule has 0 aliphatic carbocycles. The molecule has 70 valence electrons. The summed E-state index contributed by atoms with van der Waals surface area (Å²) in [5.74, 6) is -1.20. The van der Waals surface area contributed by atoms with E-state index < -0.39 is 23.9 Å². The highest BCUT2D eigenvalue weighted by atomic mass is 32.2. The molecule has 0 radical (unpaired) electrons. The van der Waals surface area contributed by atoms with Crippen molar-refractivity contribution in [2.24, 2.45) is 0 Å². The average Bonchev–Trinajstić information content (AvgIpc) is 2.03. The molecule has 0 aromatic carbocycles. The summed E-state index contributed by atoms with van der Waals surface area (Å²) in [6.07, 6.45) is 0. The zero-order chi connectivity index (χ0) is 9.56. The van der Waals surface area contributed by atoms with Gasteiger partial charge in [0.05, 0.1) is 0 Å². The molecule has 0 aliphatic heterocycles. The Morgan fingerprint density at radius 1 is 1.58 bits per heavy atom. The second-order valence-electron chi connectivity index (χ2n) is 1.90. The Morgan fingerprint density at radius 2 is 2.17 bits per heavy atom. The molecule has 0 saturated carbocycles. The van der Waals surface area contributed by atoms with E-state index in [4.69, 9.17) is 10.2 Å². The van der Waals surface area contributed by atoms with E-state index >= 15 is 0 Å². The maximum atomic E-state index is 10.6. The molecule has 0 aliphatic rings. The Balaban J connectivity index is 3.95. The third-order valence-electron chi connectivity index (χ3n) is 0.993. The molecule has 0 aromatic rings. The molecule has 0 bridgehead atoms. The van der Waals surface area contributed by atoms with Crippen molar-refractivity contribution in [2.75, 3.05) is 12.4 Å². The van der Waals surface area contributed by atoms with Gasteiger partial charge in [-0.05, 0) is 5.75 Å². The standard InChI is InChI=1S/C6H11NO4S/c1-2-12-5(6(10)11)7-4(9)3-8/h5,8H,2-3H2,1H3,(H,7,9)(H,10,11). The maximum absolute atomic E-state index is 10.6. The first-order valence-electron chi connectivity index (χ1n) is 3.36. The number of nitrogens with one attached hydrogen (secondary N) is 1. The number of carboxylic acid groups (broad SMARTS) is 1. The molecule has 0 rings (SSSR count). The zero-order valence-electron chi connectivity index (χ0n) is 6.61. The minimum absolute atomic E-state index is 0.586. The highest BCUT2D eigenvalue weighted by Gasteiger charge is 2.18. The molecule has 5 nitrogen and oxygen atoms in total. The lowest BCUT2D eigenvalue weighted by Gasteiger charge is -2.11. The first-order chi connectivity index (χ1) is 5.61. The number of rotatable bonds is 5. The van der Waals surface area contributed by atoms with Gasteiger partial charge in [0.2, 0.25) is 5.91 Å². The van der Waals surface area contributed by atoms with Gasteiger partial charge in [-0.15, -0.1) is 11.8 Å². The minimum Gasteiger partial charge on any atom is -0.479 e. The normalized spacial score (nSPS) is 12.2. The zero-order valence-corrected chi connectivity index (χ0v) is 7.43. The summed E-state index contributed by atoms with van der Waals surface area (Å²) < 4.78 is 0. The molecular weight excluding hydrogens is 182 g/mol. The SMILES string of the molecule is CCSC(NC(=O)CO)C(=O)O. The van der Waals surface area contributed by atoms with Crippen molar-refractivity contribution in [1.82, 2.24) is 5.32 Å². The van der Waals surface area contributed by atoms with Gasteiger partial charge in [0.1, 0.15) is 6.61 Å². The summed E-state index contributed by atoms with van der Waals surface area (Å²) in [7, 11) is 0. The third kappa shape index (κ3) is 4.20. The smallest absolute Gasteiger partial charge is 0.336 e. The predicted octanol–water partition coefficient (Wildman–Crippen LogP) is -0.741. The van der Waals surface area contributed by atoms with Crippen LogP contribution in [0.25, 0.3) is 0 Å².